The van der Waals surface area contributed by atoms with E-state index in [1.54, 1.807) is 0 Å². The van der Waals surface area contributed by atoms with Gasteiger partial charge in [-0.25, -0.2) is 0 Å². The zero-order valence-corrected chi connectivity index (χ0v) is 9.86. The van der Waals surface area contributed by atoms with Gasteiger partial charge in [0.1, 0.15) is 5.75 Å². The van der Waals surface area contributed by atoms with Crippen molar-refractivity contribution in [1.82, 2.24) is 10.6 Å². The van der Waals surface area contributed by atoms with Crippen LogP contribution < -0.4 is 15.4 Å². The molecule has 0 aromatic heterocycles. The molecule has 0 radical (unpaired) electrons. The highest BCUT2D eigenvalue weighted by Crippen LogP contribution is 2.28. The minimum atomic E-state index is -0.569. The predicted molar refractivity (Wildman–Crippen MR) is 64.2 cm³/mol. The van der Waals surface area contributed by atoms with Crippen molar-refractivity contribution >= 4 is 11.8 Å². The summed E-state index contributed by atoms with van der Waals surface area (Å²) in [5.41, 5.74) is 2.18. The fourth-order valence-electron chi connectivity index (χ4n) is 2.35. The number of piperazine rings is 1. The highest BCUT2D eigenvalue weighted by molar-refractivity contribution is 6.35. The van der Waals surface area contributed by atoms with Crippen molar-refractivity contribution in [2.24, 2.45) is 0 Å². The van der Waals surface area contributed by atoms with E-state index < -0.39 is 11.8 Å². The zero-order chi connectivity index (χ0) is 12.5. The van der Waals surface area contributed by atoms with E-state index in [0.29, 0.717) is 6.54 Å². The van der Waals surface area contributed by atoms with E-state index >= 15 is 0 Å². The van der Waals surface area contributed by atoms with E-state index in [-0.39, 0.29) is 6.04 Å². The lowest BCUT2D eigenvalue weighted by molar-refractivity contribution is -0.141. The molecule has 5 heteroatoms. The van der Waals surface area contributed by atoms with Gasteiger partial charge in [0.25, 0.3) is 0 Å². The number of rotatable bonds is 1. The molecule has 1 aromatic rings. The van der Waals surface area contributed by atoms with Crippen molar-refractivity contribution in [3.8, 4) is 5.75 Å². The summed E-state index contributed by atoms with van der Waals surface area (Å²) in [5.74, 6) is -0.205. The first-order valence-corrected chi connectivity index (χ1v) is 6.08. The maximum absolute atomic E-state index is 11.3. The number of benzene rings is 1. The van der Waals surface area contributed by atoms with Gasteiger partial charge in [-0.15, -0.1) is 0 Å². The predicted octanol–water partition coefficient (Wildman–Crippen LogP) is 0.299. The van der Waals surface area contributed by atoms with Crippen molar-refractivity contribution in [2.45, 2.75) is 18.9 Å². The Bertz CT molecular complexity index is 513. The van der Waals surface area contributed by atoms with E-state index in [1.165, 1.54) is 5.56 Å². The highest BCUT2D eigenvalue weighted by atomic mass is 16.5. The van der Waals surface area contributed by atoms with Crippen LogP contribution in [0.2, 0.25) is 0 Å². The van der Waals surface area contributed by atoms with Gasteiger partial charge in [-0.2, -0.15) is 0 Å². The number of nitrogens with one attached hydrogen (secondary N) is 2. The number of carbonyl (C=O) groups excluding carboxylic acids is 2. The van der Waals surface area contributed by atoms with E-state index in [9.17, 15) is 9.59 Å². The normalized spacial score (nSPS) is 22.6. The average molecular weight is 246 g/mol. The SMILES string of the molecule is O=C1NCC(c2ccc3c(c2)CCCO3)NC1=O. The van der Waals surface area contributed by atoms with Gasteiger partial charge in [0.15, 0.2) is 0 Å². The molecule has 5 nitrogen and oxygen atoms in total. The quantitative estimate of drug-likeness (QED) is 0.700. The second kappa shape index (κ2) is 4.33. The van der Waals surface area contributed by atoms with Gasteiger partial charge in [-0.3, -0.25) is 9.59 Å². The summed E-state index contributed by atoms with van der Waals surface area (Å²) in [6.07, 6.45) is 2.01. The third-order valence-electron chi connectivity index (χ3n) is 3.31. The van der Waals surface area contributed by atoms with Gasteiger partial charge >= 0.3 is 11.8 Å². The summed E-state index contributed by atoms with van der Waals surface area (Å²) in [6.45, 7) is 1.20. The first-order chi connectivity index (χ1) is 8.74. The first-order valence-electron chi connectivity index (χ1n) is 6.08. The standard InChI is InChI=1S/C13H14N2O3/c16-12-13(17)15-10(7-14-12)8-3-4-11-9(6-8)2-1-5-18-11/h3-4,6,10H,1-2,5,7H2,(H,14,16)(H,15,17). The first kappa shape index (κ1) is 11.1. The van der Waals surface area contributed by atoms with Crippen LogP contribution in [-0.4, -0.2) is 25.0 Å². The Kier molecular flexibility index (Phi) is 2.66. The zero-order valence-electron chi connectivity index (χ0n) is 9.86. The summed E-state index contributed by atoms with van der Waals surface area (Å²) < 4.78 is 5.55. The molecule has 0 aliphatic carbocycles. The second-order valence-electron chi connectivity index (χ2n) is 4.56. The van der Waals surface area contributed by atoms with E-state index in [4.69, 9.17) is 4.74 Å². The molecule has 2 aliphatic heterocycles. The van der Waals surface area contributed by atoms with E-state index in [1.807, 2.05) is 12.1 Å². The molecule has 1 fully saturated rings. The fourth-order valence-corrected chi connectivity index (χ4v) is 2.35. The summed E-state index contributed by atoms with van der Waals surface area (Å²) in [5, 5.41) is 5.28. The van der Waals surface area contributed by atoms with Crippen molar-refractivity contribution in [3.63, 3.8) is 0 Å². The summed E-state index contributed by atoms with van der Waals surface area (Å²) in [7, 11) is 0. The van der Waals surface area contributed by atoms with E-state index in [0.717, 1.165) is 30.8 Å². The number of carbonyl (C=O) groups is 2. The monoisotopic (exact) mass is 246 g/mol. The van der Waals surface area contributed by atoms with Gasteiger partial charge in [-0.05, 0) is 36.1 Å². The van der Waals surface area contributed by atoms with Crippen molar-refractivity contribution in [2.75, 3.05) is 13.2 Å². The fraction of sp³-hybridized carbons (Fsp3) is 0.385. The lowest BCUT2D eigenvalue weighted by Gasteiger charge is -2.25. The van der Waals surface area contributed by atoms with Gasteiger partial charge in [0.05, 0.1) is 12.6 Å². The molecule has 2 N–H and O–H groups in total. The lowest BCUT2D eigenvalue weighted by atomic mass is 9.98. The molecule has 94 valence electrons. The van der Waals surface area contributed by atoms with Crippen LogP contribution >= 0.6 is 0 Å². The van der Waals surface area contributed by atoms with Crippen LogP contribution in [0.25, 0.3) is 0 Å². The van der Waals surface area contributed by atoms with Crippen LogP contribution in [0.1, 0.15) is 23.6 Å². The molecule has 3 rings (SSSR count). The molecule has 0 bridgehead atoms. The number of ether oxygens (including phenoxy) is 1. The third kappa shape index (κ3) is 1.92. The molecule has 2 amide bonds. The number of hydrogen-bond acceptors (Lipinski definition) is 3. The van der Waals surface area contributed by atoms with Crippen LogP contribution in [0.15, 0.2) is 18.2 Å². The maximum atomic E-state index is 11.3. The molecular formula is C13H14N2O3. The molecule has 2 heterocycles. The Morgan fingerprint density at radius 2 is 2.11 bits per heavy atom. The van der Waals surface area contributed by atoms with Crippen molar-refractivity contribution in [3.05, 3.63) is 29.3 Å². The van der Waals surface area contributed by atoms with Crippen molar-refractivity contribution < 1.29 is 14.3 Å². The Morgan fingerprint density at radius 1 is 1.22 bits per heavy atom. The minimum absolute atomic E-state index is 0.151. The van der Waals surface area contributed by atoms with Crippen LogP contribution in [0.4, 0.5) is 0 Å². The number of fused-ring (bicyclic) bond motifs is 1. The molecule has 1 aromatic carbocycles. The molecule has 2 aliphatic rings. The Hall–Kier alpha value is -2.04. The van der Waals surface area contributed by atoms with E-state index in [2.05, 4.69) is 16.7 Å². The summed E-state index contributed by atoms with van der Waals surface area (Å²) in [6, 6.07) is 5.78. The molecule has 1 unspecified atom stereocenters. The second-order valence-corrected chi connectivity index (χ2v) is 4.56. The average Bonchev–Trinajstić information content (AvgIpc) is 2.41. The highest BCUT2D eigenvalue weighted by Gasteiger charge is 2.26. The Labute approximate surface area is 105 Å². The lowest BCUT2D eigenvalue weighted by Crippen LogP contribution is -2.51. The molecule has 18 heavy (non-hydrogen) atoms. The largest absolute Gasteiger partial charge is 0.493 e. The Morgan fingerprint density at radius 3 is 2.94 bits per heavy atom. The molecular weight excluding hydrogens is 232 g/mol. The van der Waals surface area contributed by atoms with Gasteiger partial charge in [-0.1, -0.05) is 6.07 Å². The van der Waals surface area contributed by atoms with Crippen LogP contribution in [-0.2, 0) is 16.0 Å². The molecule has 0 spiro atoms. The van der Waals surface area contributed by atoms with Gasteiger partial charge in [0, 0.05) is 6.54 Å². The van der Waals surface area contributed by atoms with Crippen molar-refractivity contribution in [1.29, 1.82) is 0 Å². The third-order valence-corrected chi connectivity index (χ3v) is 3.31. The number of aryl methyl sites for hydroxylation is 1. The molecule has 0 saturated carbocycles. The van der Waals surface area contributed by atoms with Gasteiger partial charge < -0.3 is 15.4 Å². The smallest absolute Gasteiger partial charge is 0.309 e. The van der Waals surface area contributed by atoms with Crippen LogP contribution in [0.5, 0.6) is 5.75 Å². The summed E-state index contributed by atoms with van der Waals surface area (Å²) in [4.78, 5) is 22.4. The topological polar surface area (TPSA) is 67.4 Å². The van der Waals surface area contributed by atoms with Gasteiger partial charge in [0.2, 0.25) is 0 Å². The number of amides is 2. The molecule has 1 atom stereocenters. The minimum Gasteiger partial charge on any atom is -0.493 e. The maximum Gasteiger partial charge on any atom is 0.309 e. The number of hydrogen-bond donors (Lipinski definition) is 2. The summed E-state index contributed by atoms with van der Waals surface area (Å²) >= 11 is 0. The van der Waals surface area contributed by atoms with Crippen LogP contribution in [0.3, 0.4) is 0 Å². The van der Waals surface area contributed by atoms with Crippen LogP contribution in [0, 0.1) is 0 Å². The molecule has 1 saturated heterocycles. The Balaban J connectivity index is 1.84.